The molecule has 7 heteroatoms. The lowest BCUT2D eigenvalue weighted by Crippen LogP contribution is -2.15. The smallest absolute Gasteiger partial charge is 0.228 e. The van der Waals surface area contributed by atoms with E-state index in [9.17, 15) is 4.79 Å². The second-order valence-corrected chi connectivity index (χ2v) is 7.14. The van der Waals surface area contributed by atoms with Gasteiger partial charge in [0.1, 0.15) is 6.33 Å². The van der Waals surface area contributed by atoms with Crippen LogP contribution >= 0.6 is 11.6 Å². The summed E-state index contributed by atoms with van der Waals surface area (Å²) in [4.78, 5) is 12.6. The monoisotopic (exact) mass is 403 g/mol. The van der Waals surface area contributed by atoms with Crippen molar-refractivity contribution >= 4 is 23.2 Å². The van der Waals surface area contributed by atoms with Crippen molar-refractivity contribution in [3.8, 4) is 16.8 Å². The molecule has 1 heterocycles. The maximum atomic E-state index is 12.6. The zero-order chi connectivity index (χ0) is 20.2. The Morgan fingerprint density at radius 1 is 1.07 bits per heavy atom. The van der Waals surface area contributed by atoms with Crippen LogP contribution in [-0.2, 0) is 11.2 Å². The van der Waals surface area contributed by atoms with E-state index in [1.807, 2.05) is 61.5 Å². The normalized spacial score (nSPS) is 10.7. The van der Waals surface area contributed by atoms with Crippen molar-refractivity contribution in [1.82, 2.24) is 20.2 Å². The number of rotatable bonds is 5. The highest BCUT2D eigenvalue weighted by Gasteiger charge is 2.11. The fraction of sp³-hybridized carbons (Fsp3) is 0.0909. The van der Waals surface area contributed by atoms with Crippen LogP contribution in [0.25, 0.3) is 16.8 Å². The molecule has 0 fully saturated rings. The average molecular weight is 404 g/mol. The summed E-state index contributed by atoms with van der Waals surface area (Å²) < 4.78 is 1.56. The van der Waals surface area contributed by atoms with E-state index in [0.29, 0.717) is 5.02 Å². The molecule has 29 heavy (non-hydrogen) atoms. The van der Waals surface area contributed by atoms with Crippen LogP contribution in [0.4, 0.5) is 5.69 Å². The van der Waals surface area contributed by atoms with Crippen molar-refractivity contribution in [2.24, 2.45) is 0 Å². The van der Waals surface area contributed by atoms with Crippen LogP contribution in [0.15, 0.2) is 73.1 Å². The predicted molar refractivity (Wildman–Crippen MR) is 113 cm³/mol. The number of halogens is 1. The first-order valence-electron chi connectivity index (χ1n) is 9.07. The number of benzene rings is 3. The lowest BCUT2D eigenvalue weighted by Gasteiger charge is -2.13. The number of aryl methyl sites for hydroxylation is 1. The van der Waals surface area contributed by atoms with Gasteiger partial charge in [-0.25, -0.2) is 4.68 Å². The van der Waals surface area contributed by atoms with Gasteiger partial charge in [0.15, 0.2) is 0 Å². The Labute approximate surface area is 173 Å². The molecule has 6 nitrogen and oxygen atoms in total. The van der Waals surface area contributed by atoms with Crippen LogP contribution in [0.3, 0.4) is 0 Å². The van der Waals surface area contributed by atoms with Gasteiger partial charge in [0.25, 0.3) is 0 Å². The third-order valence-corrected chi connectivity index (χ3v) is 4.73. The van der Waals surface area contributed by atoms with Crippen molar-refractivity contribution in [3.63, 3.8) is 0 Å². The molecule has 0 aliphatic heterocycles. The highest BCUT2D eigenvalue weighted by molar-refractivity contribution is 6.31. The van der Waals surface area contributed by atoms with Gasteiger partial charge in [0, 0.05) is 16.3 Å². The number of amides is 1. The summed E-state index contributed by atoms with van der Waals surface area (Å²) in [6, 6.07) is 21.1. The Bertz CT molecular complexity index is 1140. The molecule has 0 saturated carbocycles. The Hall–Kier alpha value is -3.51. The van der Waals surface area contributed by atoms with Crippen molar-refractivity contribution in [2.45, 2.75) is 13.3 Å². The average Bonchev–Trinajstić information content (AvgIpc) is 3.25. The molecule has 1 amide bonds. The number of hydrogen-bond donors (Lipinski definition) is 1. The van der Waals surface area contributed by atoms with Crippen LogP contribution in [-0.4, -0.2) is 26.1 Å². The summed E-state index contributed by atoms with van der Waals surface area (Å²) >= 11 is 6.20. The predicted octanol–water partition coefficient (Wildman–Crippen LogP) is 4.47. The van der Waals surface area contributed by atoms with E-state index in [1.165, 1.54) is 6.33 Å². The van der Waals surface area contributed by atoms with Crippen LogP contribution in [0.2, 0.25) is 5.02 Å². The van der Waals surface area contributed by atoms with Crippen LogP contribution < -0.4 is 5.32 Å². The first kappa shape index (κ1) is 18.8. The number of hydrogen-bond acceptors (Lipinski definition) is 4. The fourth-order valence-electron chi connectivity index (χ4n) is 3.10. The van der Waals surface area contributed by atoms with Gasteiger partial charge in [-0.1, -0.05) is 53.6 Å². The van der Waals surface area contributed by atoms with Crippen LogP contribution in [0, 0.1) is 6.92 Å². The minimum absolute atomic E-state index is 0.101. The summed E-state index contributed by atoms with van der Waals surface area (Å²) in [6.07, 6.45) is 1.78. The molecular weight excluding hydrogens is 386 g/mol. The Balaban J connectivity index is 1.51. The van der Waals surface area contributed by atoms with Gasteiger partial charge >= 0.3 is 0 Å². The van der Waals surface area contributed by atoms with E-state index in [4.69, 9.17) is 11.6 Å². The minimum Gasteiger partial charge on any atom is -0.325 e. The second-order valence-electron chi connectivity index (χ2n) is 6.71. The number of anilines is 1. The lowest BCUT2D eigenvalue weighted by atomic mass is 10.0. The maximum Gasteiger partial charge on any atom is 0.228 e. The van der Waals surface area contributed by atoms with E-state index in [2.05, 4.69) is 26.9 Å². The molecule has 4 aromatic rings. The van der Waals surface area contributed by atoms with Gasteiger partial charge < -0.3 is 5.32 Å². The number of carbonyl (C=O) groups is 1. The summed E-state index contributed by atoms with van der Waals surface area (Å²) in [5.41, 5.74) is 5.50. The number of tetrazole rings is 1. The van der Waals surface area contributed by atoms with E-state index >= 15 is 0 Å². The fourth-order valence-corrected chi connectivity index (χ4v) is 3.27. The molecule has 0 unspecified atom stereocenters. The number of nitrogens with one attached hydrogen (secondary N) is 1. The van der Waals surface area contributed by atoms with Crippen LogP contribution in [0.1, 0.15) is 11.1 Å². The van der Waals surface area contributed by atoms with Gasteiger partial charge in [0.2, 0.25) is 5.91 Å². The molecule has 0 atom stereocenters. The summed E-state index contributed by atoms with van der Waals surface area (Å²) in [6.45, 7) is 2.03. The Kier molecular flexibility index (Phi) is 5.35. The van der Waals surface area contributed by atoms with Gasteiger partial charge in [-0.05, 0) is 58.8 Å². The molecule has 0 spiro atoms. The van der Waals surface area contributed by atoms with Crippen molar-refractivity contribution in [2.75, 3.05) is 5.32 Å². The van der Waals surface area contributed by atoms with Gasteiger partial charge in [-0.3, -0.25) is 4.79 Å². The van der Waals surface area contributed by atoms with Crippen LogP contribution in [0.5, 0.6) is 0 Å². The lowest BCUT2D eigenvalue weighted by molar-refractivity contribution is -0.115. The third kappa shape index (κ3) is 4.50. The SMILES string of the molecule is Cc1cccc(-c2cc(Cl)ccc2NC(=O)Cc2ccc(-n3cnnn3)cc2)c1. The largest absolute Gasteiger partial charge is 0.325 e. The van der Waals surface area contributed by atoms with E-state index < -0.39 is 0 Å². The first-order valence-corrected chi connectivity index (χ1v) is 9.45. The zero-order valence-corrected chi connectivity index (χ0v) is 16.5. The van der Waals surface area contributed by atoms with E-state index in [1.54, 1.807) is 10.7 Å². The molecule has 144 valence electrons. The third-order valence-electron chi connectivity index (χ3n) is 4.50. The number of aromatic nitrogens is 4. The highest BCUT2D eigenvalue weighted by Crippen LogP contribution is 2.31. The number of nitrogens with zero attached hydrogens (tertiary/aromatic N) is 4. The van der Waals surface area contributed by atoms with Crippen molar-refractivity contribution in [3.05, 3.63) is 89.2 Å². The molecule has 4 rings (SSSR count). The van der Waals surface area contributed by atoms with E-state index in [0.717, 1.165) is 33.6 Å². The summed E-state index contributed by atoms with van der Waals surface area (Å²) in [5, 5.41) is 14.7. The molecular formula is C22H18ClN5O. The first-order chi connectivity index (χ1) is 14.1. The molecule has 1 aromatic heterocycles. The topological polar surface area (TPSA) is 72.7 Å². The molecule has 0 radical (unpaired) electrons. The summed E-state index contributed by atoms with van der Waals surface area (Å²) in [7, 11) is 0. The maximum absolute atomic E-state index is 12.6. The molecule has 0 saturated heterocycles. The van der Waals surface area contributed by atoms with Gasteiger partial charge in [0.05, 0.1) is 12.1 Å². The summed E-state index contributed by atoms with van der Waals surface area (Å²) in [5.74, 6) is -0.101. The van der Waals surface area contributed by atoms with E-state index in [-0.39, 0.29) is 12.3 Å². The molecule has 3 aromatic carbocycles. The van der Waals surface area contributed by atoms with Crippen molar-refractivity contribution in [1.29, 1.82) is 0 Å². The highest BCUT2D eigenvalue weighted by atomic mass is 35.5. The second kappa shape index (κ2) is 8.24. The molecule has 0 aliphatic carbocycles. The molecule has 0 bridgehead atoms. The van der Waals surface area contributed by atoms with Gasteiger partial charge in [-0.15, -0.1) is 5.10 Å². The Morgan fingerprint density at radius 3 is 2.62 bits per heavy atom. The molecule has 0 aliphatic rings. The van der Waals surface area contributed by atoms with Crippen molar-refractivity contribution < 1.29 is 4.79 Å². The number of carbonyl (C=O) groups excluding carboxylic acids is 1. The minimum atomic E-state index is -0.101. The standard InChI is InChI=1S/C22H18ClN5O/c1-15-3-2-4-17(11-15)20-13-18(23)7-10-21(20)25-22(29)12-16-5-8-19(9-6-16)28-14-24-26-27-28/h2-11,13-14H,12H2,1H3,(H,25,29). The molecule has 1 N–H and O–H groups in total. The zero-order valence-electron chi connectivity index (χ0n) is 15.7. The quantitative estimate of drug-likeness (QED) is 0.533. The van der Waals surface area contributed by atoms with Gasteiger partial charge in [-0.2, -0.15) is 0 Å². The Morgan fingerprint density at radius 2 is 1.90 bits per heavy atom.